The smallest absolute Gasteiger partial charge is 0.296 e. The highest BCUT2D eigenvalue weighted by Crippen LogP contribution is 2.39. The number of aromatic amines is 1. The number of nitrogens with one attached hydrogen (secondary N) is 2. The van der Waals surface area contributed by atoms with E-state index in [1.54, 1.807) is 17.0 Å². The first-order chi connectivity index (χ1) is 18.3. The summed E-state index contributed by atoms with van der Waals surface area (Å²) in [5.41, 5.74) is 7.46. The number of carbonyl (C=O) groups is 1. The number of amides is 1. The van der Waals surface area contributed by atoms with Gasteiger partial charge in [-0.25, -0.2) is 9.37 Å². The molecule has 1 unspecified atom stereocenters. The van der Waals surface area contributed by atoms with E-state index < -0.39 is 29.9 Å². The summed E-state index contributed by atoms with van der Waals surface area (Å²) in [5, 5.41) is 13.6. The van der Waals surface area contributed by atoms with Crippen LogP contribution in [0.4, 0.5) is 10.2 Å². The highest BCUT2D eigenvalue weighted by atomic mass is 35.5. The number of H-pyrrole nitrogens is 1. The number of rotatable bonds is 5. The minimum atomic E-state index is -1.31. The Balaban J connectivity index is 1.10. The molecule has 5 N–H and O–H groups in total. The van der Waals surface area contributed by atoms with Gasteiger partial charge >= 0.3 is 0 Å². The Hall–Kier alpha value is -3.03. The fraction of sp³-hybridized carbons (Fsp3) is 0.480. The summed E-state index contributed by atoms with van der Waals surface area (Å²) in [4.78, 5) is 26.3. The van der Waals surface area contributed by atoms with Gasteiger partial charge in [-0.2, -0.15) is 4.98 Å². The second-order valence-electron chi connectivity index (χ2n) is 10.2. The van der Waals surface area contributed by atoms with E-state index in [0.717, 1.165) is 12.0 Å². The molecule has 4 aliphatic rings. The lowest BCUT2D eigenvalue weighted by molar-refractivity contribution is -0.0715. The highest BCUT2D eigenvalue weighted by Gasteiger charge is 2.59. The molecule has 0 saturated carbocycles. The first-order valence-electron chi connectivity index (χ1n) is 12.6. The van der Waals surface area contributed by atoms with Gasteiger partial charge in [-0.3, -0.25) is 10.5 Å². The molecule has 0 bridgehead atoms. The van der Waals surface area contributed by atoms with Crippen molar-refractivity contribution in [2.75, 3.05) is 31.6 Å². The normalized spacial score (nSPS) is 29.8. The van der Waals surface area contributed by atoms with Crippen molar-refractivity contribution in [3.8, 4) is 6.01 Å². The van der Waals surface area contributed by atoms with Crippen molar-refractivity contribution in [2.24, 2.45) is 5.73 Å². The van der Waals surface area contributed by atoms with Crippen molar-refractivity contribution in [1.82, 2.24) is 19.9 Å². The first-order valence-corrected chi connectivity index (χ1v) is 13.0. The molecule has 3 saturated heterocycles. The number of likely N-dealkylation sites (tertiary alicyclic amines) is 1. The van der Waals surface area contributed by atoms with E-state index in [2.05, 4.69) is 20.3 Å². The zero-order valence-electron chi connectivity index (χ0n) is 20.2. The van der Waals surface area contributed by atoms with Gasteiger partial charge in [0, 0.05) is 24.2 Å². The van der Waals surface area contributed by atoms with Crippen LogP contribution in [-0.4, -0.2) is 81.2 Å². The van der Waals surface area contributed by atoms with Crippen molar-refractivity contribution in [3.05, 3.63) is 45.7 Å². The largest absolute Gasteiger partial charge is 0.456 e. The van der Waals surface area contributed by atoms with Crippen LogP contribution in [0.15, 0.2) is 18.2 Å². The molecule has 3 aliphatic heterocycles. The van der Waals surface area contributed by atoms with E-state index in [0.29, 0.717) is 59.1 Å². The molecule has 13 heteroatoms. The summed E-state index contributed by atoms with van der Waals surface area (Å²) >= 11 is 6.52. The molecule has 38 heavy (non-hydrogen) atoms. The number of nitrogens with zero attached hydrogens (tertiary/aromatic N) is 3. The van der Waals surface area contributed by atoms with Crippen LogP contribution < -0.4 is 15.8 Å². The van der Waals surface area contributed by atoms with Crippen molar-refractivity contribution in [3.63, 3.8) is 0 Å². The zero-order valence-corrected chi connectivity index (χ0v) is 21.0. The molecule has 5 atom stereocenters. The Morgan fingerprint density at radius 3 is 2.95 bits per heavy atom. The van der Waals surface area contributed by atoms with Crippen LogP contribution in [0.3, 0.4) is 0 Å². The lowest BCUT2D eigenvalue weighted by atomic mass is 10.0. The standard InChI is InChI=1S/C25H26ClFN6O5/c26-13-8-16-22(32-24(30-16)38-17-9-37-25(28)18(34)10-36-20(17)25)31-21(13)29-15-3-2-11-6-12(7-14(27)19(11)15)23(35)33-4-1-5-33/h6-8,15,17-18,20,34H,1-5,9-10,28H2,(H2,29,30,31,32)/t15?,17-,18-,20-,25-/m1/s1. The summed E-state index contributed by atoms with van der Waals surface area (Å²) in [6.07, 6.45) is 0.100. The Kier molecular flexibility index (Phi) is 5.53. The van der Waals surface area contributed by atoms with Crippen LogP contribution in [0, 0.1) is 5.82 Å². The average molecular weight is 545 g/mol. The number of halogens is 2. The van der Waals surface area contributed by atoms with Gasteiger partial charge in [-0.15, -0.1) is 0 Å². The molecule has 7 rings (SSSR count). The fourth-order valence-electron chi connectivity index (χ4n) is 5.68. The third kappa shape index (κ3) is 3.74. The predicted molar refractivity (Wildman–Crippen MR) is 134 cm³/mol. The number of pyridine rings is 1. The molecule has 3 fully saturated rings. The van der Waals surface area contributed by atoms with E-state index in [4.69, 9.17) is 31.5 Å². The van der Waals surface area contributed by atoms with E-state index in [1.165, 1.54) is 6.07 Å². The second-order valence-corrected chi connectivity index (χ2v) is 10.6. The Labute approximate surface area is 221 Å². The number of aliphatic hydroxyl groups excluding tert-OH is 1. The number of aryl methyl sites for hydroxylation is 1. The van der Waals surface area contributed by atoms with Crippen LogP contribution in [-0.2, 0) is 15.9 Å². The number of fused-ring (bicyclic) bond motifs is 3. The van der Waals surface area contributed by atoms with Crippen molar-refractivity contribution >= 4 is 34.5 Å². The highest BCUT2D eigenvalue weighted by molar-refractivity contribution is 6.33. The average Bonchev–Trinajstić information content (AvgIpc) is 3.58. The van der Waals surface area contributed by atoms with Gasteiger partial charge in [-0.1, -0.05) is 11.6 Å². The molecule has 1 aliphatic carbocycles. The van der Waals surface area contributed by atoms with E-state index >= 15 is 4.39 Å². The lowest BCUT2D eigenvalue weighted by Crippen LogP contribution is -2.55. The van der Waals surface area contributed by atoms with Crippen molar-refractivity contribution in [2.45, 2.75) is 49.3 Å². The van der Waals surface area contributed by atoms with Gasteiger partial charge in [0.2, 0.25) is 0 Å². The Bertz CT molecular complexity index is 1450. The van der Waals surface area contributed by atoms with Crippen LogP contribution in [0.2, 0.25) is 5.02 Å². The van der Waals surface area contributed by atoms with Gasteiger partial charge < -0.3 is 34.5 Å². The maximum atomic E-state index is 15.2. The number of anilines is 1. The van der Waals surface area contributed by atoms with Crippen LogP contribution in [0.5, 0.6) is 6.01 Å². The van der Waals surface area contributed by atoms with Gasteiger partial charge in [0.05, 0.1) is 29.8 Å². The quantitative estimate of drug-likeness (QED) is 0.378. The molecule has 3 aromatic rings. The minimum Gasteiger partial charge on any atom is -0.456 e. The van der Waals surface area contributed by atoms with E-state index in [9.17, 15) is 9.90 Å². The molecule has 1 amide bonds. The van der Waals surface area contributed by atoms with Crippen LogP contribution in [0.25, 0.3) is 11.2 Å². The molecule has 0 spiro atoms. The van der Waals surface area contributed by atoms with Crippen molar-refractivity contribution < 1.29 is 28.5 Å². The zero-order chi connectivity index (χ0) is 26.2. The number of hydrogen-bond donors (Lipinski definition) is 4. The maximum Gasteiger partial charge on any atom is 0.296 e. The monoisotopic (exact) mass is 544 g/mol. The summed E-state index contributed by atoms with van der Waals surface area (Å²) in [7, 11) is 0. The maximum absolute atomic E-state index is 15.2. The van der Waals surface area contributed by atoms with Crippen molar-refractivity contribution in [1.29, 1.82) is 0 Å². The number of ether oxygens (including phenoxy) is 3. The summed E-state index contributed by atoms with van der Waals surface area (Å²) in [6, 6.07) is 4.62. The number of nitrogens with two attached hydrogens (primary N) is 1. The van der Waals surface area contributed by atoms with Crippen LogP contribution in [0.1, 0.15) is 40.4 Å². The number of hydrogen-bond acceptors (Lipinski definition) is 9. The Morgan fingerprint density at radius 2 is 2.16 bits per heavy atom. The minimum absolute atomic E-state index is 0.0638. The molecule has 0 radical (unpaired) electrons. The summed E-state index contributed by atoms with van der Waals surface area (Å²) in [6.45, 7) is 1.63. The number of carbonyl (C=O) groups excluding carboxylic acids is 1. The molecule has 5 heterocycles. The Morgan fingerprint density at radius 1 is 1.32 bits per heavy atom. The summed E-state index contributed by atoms with van der Waals surface area (Å²) in [5.74, 6) is -0.177. The molecular formula is C25H26ClFN6O5. The number of aliphatic hydroxyl groups is 1. The lowest BCUT2D eigenvalue weighted by Gasteiger charge is -2.31. The summed E-state index contributed by atoms with van der Waals surface area (Å²) < 4.78 is 32.3. The molecular weight excluding hydrogens is 519 g/mol. The van der Waals surface area contributed by atoms with Gasteiger partial charge in [-0.05, 0) is 43.0 Å². The molecule has 11 nitrogen and oxygen atoms in total. The molecule has 200 valence electrons. The van der Waals surface area contributed by atoms with E-state index in [-0.39, 0.29) is 31.2 Å². The van der Waals surface area contributed by atoms with Gasteiger partial charge in [0.1, 0.15) is 23.8 Å². The van der Waals surface area contributed by atoms with Gasteiger partial charge in [0.25, 0.3) is 11.9 Å². The fourth-order valence-corrected chi connectivity index (χ4v) is 5.88. The number of imidazole rings is 1. The second kappa shape index (κ2) is 8.75. The van der Waals surface area contributed by atoms with Crippen LogP contribution >= 0.6 is 11.6 Å². The molecule has 2 aromatic heterocycles. The SMILES string of the molecule is N[C@]12OC[C@@H](Oc3nc4nc(NC5CCc6cc(C(=O)N7CCC7)cc(F)c65)c(Cl)cc4[nH]3)[C@H]1OC[C@H]2O. The topological polar surface area (TPSA) is 148 Å². The third-order valence-corrected chi connectivity index (χ3v) is 8.16. The van der Waals surface area contributed by atoms with E-state index in [1.807, 2.05) is 0 Å². The van der Waals surface area contributed by atoms with Gasteiger partial charge in [0.15, 0.2) is 17.5 Å². The molecule has 1 aromatic carbocycles. The number of aromatic nitrogens is 3. The number of benzene rings is 1. The first kappa shape index (κ1) is 24.0. The predicted octanol–water partition coefficient (Wildman–Crippen LogP) is 1.89. The third-order valence-electron chi connectivity index (χ3n) is 7.87.